The molecule has 0 saturated heterocycles. The molecule has 28 heavy (non-hydrogen) atoms. The highest BCUT2D eigenvalue weighted by Gasteiger charge is 2.13. The zero-order valence-corrected chi connectivity index (χ0v) is 17.4. The van der Waals surface area contributed by atoms with Crippen molar-refractivity contribution in [2.75, 3.05) is 6.79 Å². The van der Waals surface area contributed by atoms with Crippen molar-refractivity contribution in [2.24, 2.45) is 0 Å². The van der Waals surface area contributed by atoms with Gasteiger partial charge in [0.15, 0.2) is 11.5 Å². The molecule has 0 atom stereocenters. The van der Waals surface area contributed by atoms with Crippen molar-refractivity contribution < 1.29 is 14.2 Å². The molecule has 0 aromatic heterocycles. The molecule has 1 N–H and O–H groups in total. The summed E-state index contributed by atoms with van der Waals surface area (Å²) in [5.74, 6) is 2.46. The van der Waals surface area contributed by atoms with Crippen LogP contribution in [-0.4, -0.2) is 6.79 Å². The van der Waals surface area contributed by atoms with Crippen LogP contribution in [0.3, 0.4) is 0 Å². The first kappa shape index (κ1) is 19.1. The molecule has 1 heterocycles. The maximum atomic E-state index is 6.04. The van der Waals surface area contributed by atoms with Crippen molar-refractivity contribution in [1.82, 2.24) is 5.32 Å². The molecule has 0 saturated carbocycles. The summed E-state index contributed by atoms with van der Waals surface area (Å²) in [6, 6.07) is 19.7. The Balaban J connectivity index is 1.38. The van der Waals surface area contributed by atoms with Crippen LogP contribution in [0.25, 0.3) is 0 Å². The van der Waals surface area contributed by atoms with E-state index in [4.69, 9.17) is 25.8 Å². The predicted molar refractivity (Wildman–Crippen MR) is 113 cm³/mol. The second kappa shape index (κ2) is 8.86. The Morgan fingerprint density at radius 2 is 1.68 bits per heavy atom. The summed E-state index contributed by atoms with van der Waals surface area (Å²) < 4.78 is 17.9. The van der Waals surface area contributed by atoms with Gasteiger partial charge >= 0.3 is 0 Å². The second-order valence-corrected chi connectivity index (χ2v) is 7.81. The Bertz CT molecular complexity index is 962. The van der Waals surface area contributed by atoms with Gasteiger partial charge in [0.05, 0.1) is 0 Å². The Morgan fingerprint density at radius 3 is 2.54 bits per heavy atom. The van der Waals surface area contributed by atoms with Crippen molar-refractivity contribution in [1.29, 1.82) is 0 Å². The summed E-state index contributed by atoms with van der Waals surface area (Å²) in [6.45, 7) is 2.19. The molecule has 1 aliphatic rings. The van der Waals surface area contributed by atoms with Gasteiger partial charge in [0.25, 0.3) is 0 Å². The van der Waals surface area contributed by atoms with Crippen LogP contribution in [0.1, 0.15) is 16.7 Å². The molecular weight excluding hydrogens is 442 g/mol. The number of hydrogen-bond acceptors (Lipinski definition) is 4. The lowest BCUT2D eigenvalue weighted by Crippen LogP contribution is -2.13. The molecule has 0 radical (unpaired) electrons. The number of nitrogens with one attached hydrogen (secondary N) is 1. The average Bonchev–Trinajstić information content (AvgIpc) is 3.16. The number of halogens is 2. The highest BCUT2D eigenvalue weighted by molar-refractivity contribution is 9.10. The first-order valence-corrected chi connectivity index (χ1v) is 10.1. The molecule has 0 fully saturated rings. The van der Waals surface area contributed by atoms with Gasteiger partial charge in [-0.3, -0.25) is 0 Å². The molecule has 0 bridgehead atoms. The van der Waals surface area contributed by atoms with Crippen molar-refractivity contribution in [3.05, 3.63) is 86.8 Å². The van der Waals surface area contributed by atoms with Gasteiger partial charge in [-0.2, -0.15) is 0 Å². The molecule has 0 amide bonds. The molecule has 6 heteroatoms. The first-order chi connectivity index (χ1) is 13.7. The lowest BCUT2D eigenvalue weighted by Gasteiger charge is -2.13. The number of ether oxygens (including phenoxy) is 3. The highest BCUT2D eigenvalue weighted by Crippen LogP contribution is 2.32. The average molecular weight is 461 g/mol. The van der Waals surface area contributed by atoms with Crippen molar-refractivity contribution >= 4 is 27.5 Å². The fraction of sp³-hybridized carbons (Fsp3) is 0.182. The van der Waals surface area contributed by atoms with Crippen LogP contribution < -0.4 is 19.5 Å². The van der Waals surface area contributed by atoms with E-state index in [0.29, 0.717) is 19.9 Å². The van der Waals surface area contributed by atoms with Crippen LogP contribution in [0.15, 0.2) is 65.1 Å². The van der Waals surface area contributed by atoms with Crippen LogP contribution in [0.4, 0.5) is 0 Å². The fourth-order valence-corrected chi connectivity index (χ4v) is 3.50. The number of fused-ring (bicyclic) bond motifs is 1. The Hall–Kier alpha value is -2.21. The smallest absolute Gasteiger partial charge is 0.231 e. The predicted octanol–water partition coefficient (Wildman–Crippen LogP) is 5.70. The topological polar surface area (TPSA) is 39.7 Å². The van der Waals surface area contributed by atoms with Gasteiger partial charge in [-0.05, 0) is 53.6 Å². The lowest BCUT2D eigenvalue weighted by molar-refractivity contribution is 0.174. The van der Waals surface area contributed by atoms with E-state index in [0.717, 1.165) is 50.0 Å². The van der Waals surface area contributed by atoms with Crippen LogP contribution in [0, 0.1) is 0 Å². The van der Waals surface area contributed by atoms with Crippen molar-refractivity contribution in [3.63, 3.8) is 0 Å². The van der Waals surface area contributed by atoms with E-state index in [2.05, 4.69) is 27.3 Å². The molecular formula is C22H19BrClNO3. The van der Waals surface area contributed by atoms with Crippen LogP contribution in [0.2, 0.25) is 5.02 Å². The maximum Gasteiger partial charge on any atom is 0.231 e. The van der Waals surface area contributed by atoms with Gasteiger partial charge in [0.1, 0.15) is 12.4 Å². The summed E-state index contributed by atoms with van der Waals surface area (Å²) in [5, 5.41) is 4.19. The minimum absolute atomic E-state index is 0.290. The number of rotatable bonds is 7. The molecule has 3 aromatic carbocycles. The van der Waals surface area contributed by atoms with E-state index in [-0.39, 0.29) is 0 Å². The van der Waals surface area contributed by atoms with E-state index in [9.17, 15) is 0 Å². The second-order valence-electron chi connectivity index (χ2n) is 6.46. The van der Waals surface area contributed by atoms with E-state index >= 15 is 0 Å². The molecule has 0 aliphatic carbocycles. The molecule has 4 rings (SSSR count). The monoisotopic (exact) mass is 459 g/mol. The molecule has 3 aromatic rings. The lowest BCUT2D eigenvalue weighted by atomic mass is 10.1. The third-order valence-electron chi connectivity index (χ3n) is 4.41. The SMILES string of the molecule is Clc1ccc(COc2ccc(Br)cc2CNCc2ccc3c(c2)OCO3)cc1. The summed E-state index contributed by atoms with van der Waals surface area (Å²) in [4.78, 5) is 0. The van der Waals surface area contributed by atoms with Crippen LogP contribution >= 0.6 is 27.5 Å². The van der Waals surface area contributed by atoms with Crippen LogP contribution in [-0.2, 0) is 19.7 Å². The van der Waals surface area contributed by atoms with E-state index < -0.39 is 0 Å². The third kappa shape index (κ3) is 4.79. The van der Waals surface area contributed by atoms with E-state index in [1.807, 2.05) is 54.6 Å². The van der Waals surface area contributed by atoms with Crippen molar-refractivity contribution in [2.45, 2.75) is 19.7 Å². The Labute approximate surface area is 177 Å². The Morgan fingerprint density at radius 1 is 0.893 bits per heavy atom. The molecule has 144 valence electrons. The van der Waals surface area contributed by atoms with Gasteiger partial charge < -0.3 is 19.5 Å². The molecule has 0 spiro atoms. The standard InChI is InChI=1S/C22H19BrClNO3/c23-18-4-8-20(26-13-15-1-5-19(24)6-2-15)17(10-18)12-25-11-16-3-7-21-22(9-16)28-14-27-21/h1-10,25H,11-14H2. The molecule has 0 unspecified atom stereocenters. The van der Waals surface area contributed by atoms with Crippen LogP contribution in [0.5, 0.6) is 17.2 Å². The normalized spacial score (nSPS) is 12.2. The van der Waals surface area contributed by atoms with Gasteiger partial charge in [-0.15, -0.1) is 0 Å². The minimum atomic E-state index is 0.290. The molecule has 1 aliphatic heterocycles. The largest absolute Gasteiger partial charge is 0.489 e. The van der Waals surface area contributed by atoms with E-state index in [1.54, 1.807) is 0 Å². The number of benzene rings is 3. The highest BCUT2D eigenvalue weighted by atomic mass is 79.9. The summed E-state index contributed by atoms with van der Waals surface area (Å²) in [7, 11) is 0. The summed E-state index contributed by atoms with van der Waals surface area (Å²) >= 11 is 9.48. The van der Waals surface area contributed by atoms with Gasteiger partial charge in [0, 0.05) is 28.1 Å². The quantitative estimate of drug-likeness (QED) is 0.491. The minimum Gasteiger partial charge on any atom is -0.489 e. The van der Waals surface area contributed by atoms with E-state index in [1.165, 1.54) is 0 Å². The Kier molecular flexibility index (Phi) is 6.05. The molecule has 4 nitrogen and oxygen atoms in total. The third-order valence-corrected chi connectivity index (χ3v) is 5.16. The first-order valence-electron chi connectivity index (χ1n) is 8.92. The zero-order chi connectivity index (χ0) is 19.3. The van der Waals surface area contributed by atoms with Gasteiger partial charge in [0.2, 0.25) is 6.79 Å². The van der Waals surface area contributed by atoms with Gasteiger partial charge in [-0.1, -0.05) is 45.7 Å². The summed E-state index contributed by atoms with van der Waals surface area (Å²) in [6.07, 6.45) is 0. The number of hydrogen-bond donors (Lipinski definition) is 1. The summed E-state index contributed by atoms with van der Waals surface area (Å²) in [5.41, 5.74) is 3.30. The fourth-order valence-electron chi connectivity index (χ4n) is 2.96. The van der Waals surface area contributed by atoms with Gasteiger partial charge in [-0.25, -0.2) is 0 Å². The zero-order valence-electron chi connectivity index (χ0n) is 15.1. The maximum absolute atomic E-state index is 6.04. The van der Waals surface area contributed by atoms with Crippen molar-refractivity contribution in [3.8, 4) is 17.2 Å².